The number of carbonyl (C=O) groups is 1. The van der Waals surface area contributed by atoms with Gasteiger partial charge in [0.05, 0.1) is 18.7 Å². The Balaban J connectivity index is 1.27. The number of methoxy groups -OCH3 is 1. The smallest absolute Gasteiger partial charge is 0.337 e. The van der Waals surface area contributed by atoms with E-state index in [-0.39, 0.29) is 17.4 Å². The van der Waals surface area contributed by atoms with Crippen molar-refractivity contribution in [3.63, 3.8) is 0 Å². The molecule has 1 aliphatic rings. The monoisotopic (exact) mass is 702 g/mol. The van der Waals surface area contributed by atoms with Crippen LogP contribution in [0.3, 0.4) is 0 Å². The van der Waals surface area contributed by atoms with Crippen LogP contribution in [0.2, 0.25) is 0 Å². The average molecular weight is 703 g/mol. The Morgan fingerprint density at radius 2 is 1.26 bits per heavy atom. The topological polar surface area (TPSA) is 85.2 Å². The van der Waals surface area contributed by atoms with Crippen LogP contribution in [0.5, 0.6) is 0 Å². The van der Waals surface area contributed by atoms with Crippen molar-refractivity contribution in [2.75, 3.05) is 13.7 Å². The summed E-state index contributed by atoms with van der Waals surface area (Å²) >= 11 is 0. The highest BCUT2D eigenvalue weighted by molar-refractivity contribution is 5.91. The lowest BCUT2D eigenvalue weighted by atomic mass is 9.77. The third-order valence-electron chi connectivity index (χ3n) is 10.0. The van der Waals surface area contributed by atoms with Crippen LogP contribution in [0.1, 0.15) is 56.4 Å². The Morgan fingerprint density at radius 1 is 0.736 bits per heavy atom. The Bertz CT molecular complexity index is 2090. The number of nitrogens with zero attached hydrogens (tertiary/aromatic N) is 5. The summed E-state index contributed by atoms with van der Waals surface area (Å²) in [5, 5.41) is 16.8. The summed E-state index contributed by atoms with van der Waals surface area (Å²) in [5.74, 6) is 0.248. The zero-order valence-electron chi connectivity index (χ0n) is 31.0. The van der Waals surface area contributed by atoms with Gasteiger partial charge in [0.1, 0.15) is 0 Å². The Kier molecular flexibility index (Phi) is 10.1. The van der Waals surface area contributed by atoms with Crippen LogP contribution < -0.4 is 5.43 Å². The van der Waals surface area contributed by atoms with Crippen molar-refractivity contribution < 1.29 is 9.53 Å². The second-order valence-corrected chi connectivity index (χ2v) is 14.6. The van der Waals surface area contributed by atoms with Crippen LogP contribution in [0.4, 0.5) is 0 Å². The maximum Gasteiger partial charge on any atom is 0.337 e. The molecule has 0 saturated carbocycles. The summed E-state index contributed by atoms with van der Waals surface area (Å²) in [5.41, 5.74) is 11.3. The fourth-order valence-electron chi connectivity index (χ4n) is 7.47. The summed E-state index contributed by atoms with van der Waals surface area (Å²) in [6.07, 6.45) is 1.54. The van der Waals surface area contributed by atoms with E-state index in [9.17, 15) is 4.79 Å². The maximum absolute atomic E-state index is 13.2. The van der Waals surface area contributed by atoms with E-state index >= 15 is 0 Å². The zero-order valence-corrected chi connectivity index (χ0v) is 31.0. The first-order valence-corrected chi connectivity index (χ1v) is 18.3. The van der Waals surface area contributed by atoms with Gasteiger partial charge in [0.15, 0.2) is 5.54 Å². The molecule has 8 heteroatoms. The van der Waals surface area contributed by atoms with Gasteiger partial charge in [0, 0.05) is 24.2 Å². The normalized spacial score (nSPS) is 14.8. The Labute approximate surface area is 312 Å². The number of hydrogen-bond donors (Lipinski definition) is 1. The van der Waals surface area contributed by atoms with Crippen molar-refractivity contribution in [2.45, 2.75) is 52.1 Å². The number of tetrazole rings is 1. The zero-order chi connectivity index (χ0) is 37.0. The van der Waals surface area contributed by atoms with Gasteiger partial charge in [0.25, 0.3) is 0 Å². The molecule has 53 heavy (non-hydrogen) atoms. The Hall–Kier alpha value is -5.86. The van der Waals surface area contributed by atoms with Crippen LogP contribution in [0.25, 0.3) is 22.5 Å². The molecule has 0 bridgehead atoms. The molecule has 0 saturated heterocycles. The molecule has 268 valence electrons. The van der Waals surface area contributed by atoms with Crippen LogP contribution in [-0.2, 0) is 21.5 Å². The highest BCUT2D eigenvalue weighted by Gasteiger charge is 2.43. The quantitative estimate of drug-likeness (QED) is 0.107. The lowest BCUT2D eigenvalue weighted by Gasteiger charge is -2.34. The number of allylic oxidation sites excluding steroid dienone is 1. The fraction of sp³-hybridized carbons (Fsp3) is 0.244. The van der Waals surface area contributed by atoms with Crippen LogP contribution in [0, 0.1) is 5.41 Å². The van der Waals surface area contributed by atoms with Crippen molar-refractivity contribution in [3.05, 3.63) is 173 Å². The Morgan fingerprint density at radius 3 is 1.77 bits per heavy atom. The van der Waals surface area contributed by atoms with Gasteiger partial charge >= 0.3 is 5.97 Å². The van der Waals surface area contributed by atoms with Gasteiger partial charge in [-0.15, -0.1) is 15.0 Å². The molecule has 0 spiro atoms. The molecule has 0 fully saturated rings. The third-order valence-corrected chi connectivity index (χ3v) is 10.0. The van der Waals surface area contributed by atoms with Gasteiger partial charge in [-0.05, 0) is 50.4 Å². The molecule has 0 amide bonds. The molecule has 1 aromatic heterocycles. The van der Waals surface area contributed by atoms with E-state index in [1.54, 1.807) is 4.80 Å². The summed E-state index contributed by atoms with van der Waals surface area (Å²) in [6, 6.07) is 47.7. The number of benzene rings is 5. The van der Waals surface area contributed by atoms with Crippen molar-refractivity contribution >= 4 is 5.97 Å². The van der Waals surface area contributed by atoms with Crippen molar-refractivity contribution in [2.24, 2.45) is 5.41 Å². The van der Waals surface area contributed by atoms with E-state index in [1.165, 1.54) is 7.11 Å². The molecular formula is C45H46N6O2. The number of hydrazine groups is 1. The largest absolute Gasteiger partial charge is 0.466 e. The summed E-state index contributed by atoms with van der Waals surface area (Å²) in [6.45, 7) is 9.37. The molecule has 6 aromatic rings. The van der Waals surface area contributed by atoms with E-state index in [2.05, 4.69) is 105 Å². The number of esters is 1. The molecule has 8 nitrogen and oxygen atoms in total. The minimum absolute atomic E-state index is 0.145. The van der Waals surface area contributed by atoms with Crippen molar-refractivity contribution in [3.8, 4) is 22.5 Å². The van der Waals surface area contributed by atoms with Crippen LogP contribution >= 0.6 is 0 Å². The number of carbonyl (C=O) groups excluding carboxylic acids is 1. The SMILES string of the molecule is CCCN1NC(C(C)(C)C)C(C(=O)OC)=C1Cc1ccc(-c2ccccc2-c2nnn(C(c3ccccc3)(c3ccccc3)c3ccccc3)n2)cc1. The lowest BCUT2D eigenvalue weighted by molar-refractivity contribution is -0.136. The molecule has 7 rings (SSSR count). The van der Waals surface area contributed by atoms with Crippen LogP contribution in [0.15, 0.2) is 151 Å². The van der Waals surface area contributed by atoms with Gasteiger partial charge in [-0.3, -0.25) is 0 Å². The summed E-state index contributed by atoms with van der Waals surface area (Å²) in [4.78, 5) is 14.9. The standard InChI is InChI=1S/C45H46N6O2/c1-6-30-50-39(40(43(52)53-5)41(47-50)44(2,3)4)31-32-26-28-33(29-27-32)37-24-16-17-25-38(37)42-46-49-51(48-42)45(34-18-10-7-11-19-34,35-20-12-8-13-21-35)36-22-14-9-15-23-36/h7-29,41,47H,6,30-31H2,1-5H3. The number of hydrogen-bond acceptors (Lipinski definition) is 7. The van der Waals surface area contributed by atoms with Gasteiger partial charge in [-0.1, -0.05) is 167 Å². The molecular weight excluding hydrogens is 657 g/mol. The highest BCUT2D eigenvalue weighted by Crippen LogP contribution is 2.41. The summed E-state index contributed by atoms with van der Waals surface area (Å²) in [7, 11) is 1.46. The highest BCUT2D eigenvalue weighted by atomic mass is 16.5. The summed E-state index contributed by atoms with van der Waals surface area (Å²) < 4.78 is 5.30. The van der Waals surface area contributed by atoms with E-state index in [0.29, 0.717) is 17.8 Å². The lowest BCUT2D eigenvalue weighted by Crippen LogP contribution is -2.45. The average Bonchev–Trinajstić information content (AvgIpc) is 3.83. The first-order valence-electron chi connectivity index (χ1n) is 18.3. The van der Waals surface area contributed by atoms with Gasteiger partial charge < -0.3 is 9.75 Å². The maximum atomic E-state index is 13.2. The van der Waals surface area contributed by atoms with E-state index < -0.39 is 5.54 Å². The van der Waals surface area contributed by atoms with Gasteiger partial charge in [0.2, 0.25) is 5.82 Å². The molecule has 5 aromatic carbocycles. The molecule has 1 N–H and O–H groups in total. The second-order valence-electron chi connectivity index (χ2n) is 14.6. The first-order chi connectivity index (χ1) is 25.7. The number of aromatic nitrogens is 4. The number of nitrogens with one attached hydrogen (secondary N) is 1. The molecule has 1 aliphatic heterocycles. The third kappa shape index (κ3) is 6.78. The predicted molar refractivity (Wildman–Crippen MR) is 209 cm³/mol. The molecule has 1 unspecified atom stereocenters. The van der Waals surface area contributed by atoms with E-state index in [4.69, 9.17) is 20.1 Å². The second kappa shape index (κ2) is 15.0. The fourth-order valence-corrected chi connectivity index (χ4v) is 7.47. The minimum Gasteiger partial charge on any atom is -0.466 e. The van der Waals surface area contributed by atoms with E-state index in [0.717, 1.165) is 57.6 Å². The molecule has 2 heterocycles. The van der Waals surface area contributed by atoms with Crippen molar-refractivity contribution in [1.29, 1.82) is 0 Å². The molecule has 0 radical (unpaired) electrons. The first kappa shape index (κ1) is 35.5. The van der Waals surface area contributed by atoms with Crippen LogP contribution in [-0.4, -0.2) is 50.9 Å². The minimum atomic E-state index is -0.865. The molecule has 1 atom stereocenters. The number of ether oxygens (including phenoxy) is 1. The van der Waals surface area contributed by atoms with Crippen molar-refractivity contribution in [1.82, 2.24) is 30.6 Å². The van der Waals surface area contributed by atoms with Gasteiger partial charge in [-0.2, -0.15) is 0 Å². The molecule has 0 aliphatic carbocycles. The predicted octanol–water partition coefficient (Wildman–Crippen LogP) is 8.46. The number of rotatable bonds is 11. The van der Waals surface area contributed by atoms with E-state index in [1.807, 2.05) is 72.8 Å². The van der Waals surface area contributed by atoms with Gasteiger partial charge in [-0.25, -0.2) is 10.2 Å².